The summed E-state index contributed by atoms with van der Waals surface area (Å²) in [5, 5.41) is 8.61. The molecule has 4 heteroatoms. The lowest BCUT2D eigenvalue weighted by molar-refractivity contribution is 0.161. The largest absolute Gasteiger partial charge is 0.493 e. The highest BCUT2D eigenvalue weighted by atomic mass is 16.5. The molecule has 1 rings (SSSR count). The standard InChI is InChI=1S/C10H15NO3/c1-7-4-9(13-2)10(14-3)5-8(7)6-11-12/h4-5,11-12H,6H2,1-3H3. The van der Waals surface area contributed by atoms with Crippen LogP contribution in [0.2, 0.25) is 0 Å². The van der Waals surface area contributed by atoms with Crippen molar-refractivity contribution < 1.29 is 14.7 Å². The van der Waals surface area contributed by atoms with Crippen molar-refractivity contribution in [2.45, 2.75) is 13.5 Å². The van der Waals surface area contributed by atoms with E-state index in [9.17, 15) is 0 Å². The molecular weight excluding hydrogens is 182 g/mol. The van der Waals surface area contributed by atoms with E-state index in [2.05, 4.69) is 5.48 Å². The maximum Gasteiger partial charge on any atom is 0.161 e. The van der Waals surface area contributed by atoms with Gasteiger partial charge in [-0.25, -0.2) is 5.48 Å². The second kappa shape index (κ2) is 4.83. The van der Waals surface area contributed by atoms with E-state index in [4.69, 9.17) is 14.7 Å². The molecule has 0 spiro atoms. The van der Waals surface area contributed by atoms with Crippen LogP contribution in [0, 0.1) is 6.92 Å². The Balaban J connectivity index is 3.09. The number of nitrogens with one attached hydrogen (secondary N) is 1. The third-order valence-electron chi connectivity index (χ3n) is 2.11. The molecule has 0 radical (unpaired) electrons. The molecule has 14 heavy (non-hydrogen) atoms. The Hall–Kier alpha value is -1.26. The van der Waals surface area contributed by atoms with E-state index in [0.29, 0.717) is 18.0 Å². The summed E-state index contributed by atoms with van der Waals surface area (Å²) in [5.74, 6) is 1.37. The van der Waals surface area contributed by atoms with Crippen LogP contribution in [0.3, 0.4) is 0 Å². The van der Waals surface area contributed by atoms with Crippen molar-refractivity contribution in [3.8, 4) is 11.5 Å². The van der Waals surface area contributed by atoms with Crippen LogP contribution in [-0.4, -0.2) is 19.4 Å². The zero-order valence-electron chi connectivity index (χ0n) is 8.63. The molecule has 0 unspecified atom stereocenters. The molecule has 0 aromatic heterocycles. The minimum absolute atomic E-state index is 0.395. The van der Waals surface area contributed by atoms with Crippen molar-refractivity contribution >= 4 is 0 Å². The van der Waals surface area contributed by atoms with Gasteiger partial charge in [-0.05, 0) is 30.2 Å². The highest BCUT2D eigenvalue weighted by Gasteiger charge is 2.07. The van der Waals surface area contributed by atoms with Gasteiger partial charge in [0, 0.05) is 6.54 Å². The number of hydroxylamine groups is 1. The summed E-state index contributed by atoms with van der Waals surface area (Å²) in [6, 6.07) is 3.73. The van der Waals surface area contributed by atoms with E-state index in [1.807, 2.05) is 19.1 Å². The lowest BCUT2D eigenvalue weighted by Gasteiger charge is -2.11. The van der Waals surface area contributed by atoms with Crippen LogP contribution in [0.15, 0.2) is 12.1 Å². The van der Waals surface area contributed by atoms with Crippen LogP contribution in [0.4, 0.5) is 0 Å². The maximum absolute atomic E-state index is 8.61. The van der Waals surface area contributed by atoms with Crippen LogP contribution in [-0.2, 0) is 6.54 Å². The van der Waals surface area contributed by atoms with Crippen molar-refractivity contribution in [2.24, 2.45) is 0 Å². The first-order valence-corrected chi connectivity index (χ1v) is 4.31. The van der Waals surface area contributed by atoms with Gasteiger partial charge in [0.15, 0.2) is 11.5 Å². The van der Waals surface area contributed by atoms with Gasteiger partial charge in [0.05, 0.1) is 14.2 Å². The fraction of sp³-hybridized carbons (Fsp3) is 0.400. The normalized spacial score (nSPS) is 10.0. The van der Waals surface area contributed by atoms with Crippen LogP contribution in [0.25, 0.3) is 0 Å². The lowest BCUT2D eigenvalue weighted by Crippen LogP contribution is -2.08. The quantitative estimate of drug-likeness (QED) is 0.718. The molecule has 2 N–H and O–H groups in total. The number of aryl methyl sites for hydroxylation is 1. The predicted molar refractivity (Wildman–Crippen MR) is 52.9 cm³/mol. The van der Waals surface area contributed by atoms with Gasteiger partial charge >= 0.3 is 0 Å². The Labute approximate surface area is 83.4 Å². The molecule has 78 valence electrons. The molecule has 0 aliphatic rings. The van der Waals surface area contributed by atoms with Gasteiger partial charge in [-0.3, -0.25) is 0 Å². The Bertz CT molecular complexity index is 312. The summed E-state index contributed by atoms with van der Waals surface area (Å²) in [6.07, 6.45) is 0. The molecule has 0 saturated heterocycles. The van der Waals surface area contributed by atoms with E-state index in [-0.39, 0.29) is 0 Å². The van der Waals surface area contributed by atoms with Gasteiger partial charge in [0.1, 0.15) is 0 Å². The molecule has 0 aliphatic carbocycles. The van der Waals surface area contributed by atoms with E-state index in [0.717, 1.165) is 11.1 Å². The Morgan fingerprint density at radius 3 is 2.29 bits per heavy atom. The number of hydrogen-bond donors (Lipinski definition) is 2. The smallest absolute Gasteiger partial charge is 0.161 e. The van der Waals surface area contributed by atoms with Crippen LogP contribution in [0.1, 0.15) is 11.1 Å². The minimum Gasteiger partial charge on any atom is -0.493 e. The van der Waals surface area contributed by atoms with E-state index in [1.165, 1.54) is 0 Å². The molecule has 1 aromatic carbocycles. The highest BCUT2D eigenvalue weighted by molar-refractivity contribution is 5.46. The molecule has 0 amide bonds. The van der Waals surface area contributed by atoms with E-state index in [1.54, 1.807) is 14.2 Å². The molecule has 4 nitrogen and oxygen atoms in total. The van der Waals surface area contributed by atoms with Crippen molar-refractivity contribution in [3.05, 3.63) is 23.3 Å². The van der Waals surface area contributed by atoms with Crippen molar-refractivity contribution in [1.29, 1.82) is 0 Å². The third kappa shape index (κ3) is 2.16. The third-order valence-corrected chi connectivity index (χ3v) is 2.11. The molecule has 0 bridgehead atoms. The molecule has 0 fully saturated rings. The maximum atomic E-state index is 8.61. The van der Waals surface area contributed by atoms with Gasteiger partial charge in [-0.15, -0.1) is 0 Å². The topological polar surface area (TPSA) is 50.7 Å². The first-order chi connectivity index (χ1) is 6.72. The second-order valence-corrected chi connectivity index (χ2v) is 2.97. The number of hydrogen-bond acceptors (Lipinski definition) is 4. The summed E-state index contributed by atoms with van der Waals surface area (Å²) in [4.78, 5) is 0. The van der Waals surface area contributed by atoms with Crippen molar-refractivity contribution in [3.63, 3.8) is 0 Å². The first kappa shape index (κ1) is 10.8. The fourth-order valence-corrected chi connectivity index (χ4v) is 1.30. The molecular formula is C10H15NO3. The summed E-state index contributed by atoms with van der Waals surface area (Å²) in [5.41, 5.74) is 4.14. The van der Waals surface area contributed by atoms with Crippen molar-refractivity contribution in [2.75, 3.05) is 14.2 Å². The summed E-state index contributed by atoms with van der Waals surface area (Å²) >= 11 is 0. The molecule has 0 heterocycles. The molecule has 0 aliphatic heterocycles. The molecule has 0 saturated carbocycles. The van der Waals surface area contributed by atoms with E-state index >= 15 is 0 Å². The highest BCUT2D eigenvalue weighted by Crippen LogP contribution is 2.29. The monoisotopic (exact) mass is 197 g/mol. The van der Waals surface area contributed by atoms with E-state index < -0.39 is 0 Å². The average Bonchev–Trinajstić information content (AvgIpc) is 2.20. The molecule has 0 atom stereocenters. The van der Waals surface area contributed by atoms with Gasteiger partial charge in [0.2, 0.25) is 0 Å². The van der Waals surface area contributed by atoms with Gasteiger partial charge in [-0.2, -0.15) is 0 Å². The SMILES string of the molecule is COc1cc(C)c(CNO)cc1OC. The van der Waals surface area contributed by atoms with Crippen molar-refractivity contribution in [1.82, 2.24) is 5.48 Å². The Morgan fingerprint density at radius 1 is 1.21 bits per heavy atom. The van der Waals surface area contributed by atoms with Crippen LogP contribution in [0.5, 0.6) is 11.5 Å². The Kier molecular flexibility index (Phi) is 3.73. The average molecular weight is 197 g/mol. The van der Waals surface area contributed by atoms with Crippen LogP contribution >= 0.6 is 0 Å². The first-order valence-electron chi connectivity index (χ1n) is 4.31. The number of benzene rings is 1. The van der Waals surface area contributed by atoms with Gasteiger partial charge in [-0.1, -0.05) is 0 Å². The predicted octanol–water partition coefficient (Wildman–Crippen LogP) is 1.49. The van der Waals surface area contributed by atoms with Crippen LogP contribution < -0.4 is 15.0 Å². The number of rotatable bonds is 4. The zero-order chi connectivity index (χ0) is 10.6. The number of ether oxygens (including phenoxy) is 2. The zero-order valence-corrected chi connectivity index (χ0v) is 8.63. The minimum atomic E-state index is 0.395. The summed E-state index contributed by atoms with van der Waals surface area (Å²) in [6.45, 7) is 2.35. The number of methoxy groups -OCH3 is 2. The summed E-state index contributed by atoms with van der Waals surface area (Å²) < 4.78 is 10.3. The lowest BCUT2D eigenvalue weighted by atomic mass is 10.1. The van der Waals surface area contributed by atoms with Gasteiger partial charge in [0.25, 0.3) is 0 Å². The van der Waals surface area contributed by atoms with Gasteiger partial charge < -0.3 is 14.7 Å². The summed E-state index contributed by atoms with van der Waals surface area (Å²) in [7, 11) is 3.19. The Morgan fingerprint density at radius 2 is 1.79 bits per heavy atom. The second-order valence-electron chi connectivity index (χ2n) is 2.97. The fourth-order valence-electron chi connectivity index (χ4n) is 1.30. The molecule has 1 aromatic rings.